The van der Waals surface area contributed by atoms with E-state index in [1.807, 2.05) is 55.4 Å². The number of hydrogen-bond donors (Lipinski definition) is 1. The molecule has 0 unspecified atom stereocenters. The quantitative estimate of drug-likeness (QED) is 0.803. The average Bonchev–Trinajstić information content (AvgIpc) is 2.39. The predicted octanol–water partition coefficient (Wildman–Crippen LogP) is 0.230. The zero-order valence-corrected chi connectivity index (χ0v) is 12.1. The van der Waals surface area contributed by atoms with E-state index in [0.29, 0.717) is 12.1 Å². The molecule has 0 amide bonds. The Hall–Kier alpha value is -1.53. The van der Waals surface area contributed by atoms with Gasteiger partial charge in [-0.3, -0.25) is 0 Å². The molecule has 0 saturated carbocycles. The Balaban J connectivity index is 0.00000200. The first kappa shape index (κ1) is 16.5. The summed E-state index contributed by atoms with van der Waals surface area (Å²) in [6, 6.07) is 15.3. The van der Waals surface area contributed by atoms with Crippen molar-refractivity contribution in [1.29, 1.82) is 0 Å². The number of nitrogens with zero attached hydrogens (tertiary/aromatic N) is 1. The van der Waals surface area contributed by atoms with Crippen molar-refractivity contribution in [2.45, 2.75) is 6.54 Å². The number of benzene rings is 2. The molecule has 0 aliphatic rings. The molecule has 100 valence electrons. The van der Waals surface area contributed by atoms with E-state index in [9.17, 15) is 4.79 Å². The summed E-state index contributed by atoms with van der Waals surface area (Å²) >= 11 is 0. The first-order valence-corrected chi connectivity index (χ1v) is 6.14. The number of aromatic carboxylic acids is 1. The summed E-state index contributed by atoms with van der Waals surface area (Å²) in [5, 5.41) is 9.09. The summed E-state index contributed by atoms with van der Waals surface area (Å²) < 4.78 is 0. The van der Waals surface area contributed by atoms with Crippen LogP contribution < -0.4 is 18.9 Å². The minimum absolute atomic E-state index is 0. The number of carbonyl (C=O) groups is 1. The molecular weight excluding hydrogens is 245 g/mol. The Kier molecular flexibility index (Phi) is 6.03. The van der Waals surface area contributed by atoms with Crippen LogP contribution in [0.25, 0.3) is 11.1 Å². The smallest absolute Gasteiger partial charge is 1.00 e. The average molecular weight is 263 g/mol. The van der Waals surface area contributed by atoms with Crippen LogP contribution in [-0.4, -0.2) is 30.1 Å². The van der Waals surface area contributed by atoms with Crippen molar-refractivity contribution >= 4 is 5.97 Å². The molecule has 3 nitrogen and oxygen atoms in total. The van der Waals surface area contributed by atoms with Crippen LogP contribution in [0.5, 0.6) is 0 Å². The second kappa shape index (κ2) is 7.30. The molecule has 20 heavy (non-hydrogen) atoms. The van der Waals surface area contributed by atoms with Gasteiger partial charge in [0.2, 0.25) is 0 Å². The Labute approximate surface area is 132 Å². The summed E-state index contributed by atoms with van der Waals surface area (Å²) in [6.07, 6.45) is 0. The molecule has 2 aromatic carbocycles. The second-order valence-electron chi connectivity index (χ2n) is 4.78. The van der Waals surface area contributed by atoms with Crippen molar-refractivity contribution in [3.8, 4) is 11.1 Å². The van der Waals surface area contributed by atoms with Gasteiger partial charge in [0.25, 0.3) is 0 Å². The Morgan fingerprint density at radius 1 is 1.15 bits per heavy atom. The first-order valence-electron chi connectivity index (χ1n) is 6.14. The van der Waals surface area contributed by atoms with Crippen LogP contribution in [0.2, 0.25) is 0 Å². The Morgan fingerprint density at radius 2 is 1.80 bits per heavy atom. The van der Waals surface area contributed by atoms with Gasteiger partial charge in [0.15, 0.2) is 0 Å². The van der Waals surface area contributed by atoms with E-state index in [-0.39, 0.29) is 20.3 Å². The van der Waals surface area contributed by atoms with Crippen molar-refractivity contribution in [2.75, 3.05) is 14.1 Å². The van der Waals surface area contributed by atoms with Crippen molar-refractivity contribution in [3.63, 3.8) is 0 Å². The van der Waals surface area contributed by atoms with Crippen LogP contribution in [0, 0.1) is 0 Å². The van der Waals surface area contributed by atoms with Gasteiger partial charge < -0.3 is 11.4 Å². The van der Waals surface area contributed by atoms with Gasteiger partial charge in [0, 0.05) is 6.54 Å². The van der Waals surface area contributed by atoms with Crippen molar-refractivity contribution in [1.82, 2.24) is 4.90 Å². The van der Waals surface area contributed by atoms with E-state index in [2.05, 4.69) is 0 Å². The zero-order valence-electron chi connectivity index (χ0n) is 13.1. The summed E-state index contributed by atoms with van der Waals surface area (Å²) in [5.41, 5.74) is 3.54. The van der Waals surface area contributed by atoms with Crippen LogP contribution in [0.15, 0.2) is 48.5 Å². The van der Waals surface area contributed by atoms with E-state index in [4.69, 9.17) is 5.11 Å². The molecule has 4 heteroatoms. The van der Waals surface area contributed by atoms with Gasteiger partial charge in [-0.15, -0.1) is 0 Å². The molecule has 0 radical (unpaired) electrons. The fraction of sp³-hybridized carbons (Fsp3) is 0.188. The Morgan fingerprint density at radius 3 is 2.35 bits per heavy atom. The van der Waals surface area contributed by atoms with Gasteiger partial charge in [-0.2, -0.15) is 0 Å². The molecule has 2 rings (SSSR count). The van der Waals surface area contributed by atoms with Crippen LogP contribution in [0.3, 0.4) is 0 Å². The number of rotatable bonds is 4. The van der Waals surface area contributed by atoms with Crippen LogP contribution in [0.1, 0.15) is 17.3 Å². The van der Waals surface area contributed by atoms with Crippen molar-refractivity contribution in [3.05, 3.63) is 59.7 Å². The molecule has 0 aliphatic carbocycles. The third-order valence-corrected chi connectivity index (χ3v) is 2.92. The topological polar surface area (TPSA) is 40.5 Å². The van der Waals surface area contributed by atoms with E-state index < -0.39 is 5.97 Å². The maximum atomic E-state index is 11.1. The van der Waals surface area contributed by atoms with Crippen molar-refractivity contribution in [2.24, 2.45) is 0 Å². The van der Waals surface area contributed by atoms with Gasteiger partial charge >= 0.3 is 24.8 Å². The predicted molar refractivity (Wildman–Crippen MR) is 77.3 cm³/mol. The first-order chi connectivity index (χ1) is 9.08. The second-order valence-corrected chi connectivity index (χ2v) is 4.78. The normalized spacial score (nSPS) is 10.2. The molecular formula is C16H18LiNO2. The fourth-order valence-corrected chi connectivity index (χ4v) is 2.10. The molecule has 0 aromatic heterocycles. The maximum Gasteiger partial charge on any atom is 1.00 e. The molecule has 1 N–H and O–H groups in total. The molecule has 0 fully saturated rings. The molecule has 0 bridgehead atoms. The molecule has 0 aliphatic heterocycles. The van der Waals surface area contributed by atoms with Gasteiger partial charge in [-0.25, -0.2) is 4.79 Å². The summed E-state index contributed by atoms with van der Waals surface area (Å²) in [4.78, 5) is 13.1. The van der Waals surface area contributed by atoms with Gasteiger partial charge in [-0.1, -0.05) is 36.4 Å². The summed E-state index contributed by atoms with van der Waals surface area (Å²) in [5.74, 6) is -0.889. The fourth-order valence-electron chi connectivity index (χ4n) is 2.10. The zero-order chi connectivity index (χ0) is 13.8. The monoisotopic (exact) mass is 263 g/mol. The SMILES string of the molecule is CN(C)Cc1cc(C(=O)O)ccc1-c1ccccc1.[H-].[Li+]. The number of hydrogen-bond acceptors (Lipinski definition) is 2. The molecule has 0 saturated heterocycles. The maximum absolute atomic E-state index is 11.1. The van der Waals surface area contributed by atoms with Crippen LogP contribution in [0.4, 0.5) is 0 Å². The third kappa shape index (κ3) is 3.98. The molecule has 0 atom stereocenters. The van der Waals surface area contributed by atoms with Gasteiger partial charge in [0.05, 0.1) is 5.56 Å². The van der Waals surface area contributed by atoms with Crippen LogP contribution in [-0.2, 0) is 6.54 Å². The largest absolute Gasteiger partial charge is 1.00 e. The van der Waals surface area contributed by atoms with Gasteiger partial charge in [0.1, 0.15) is 0 Å². The molecule has 0 heterocycles. The van der Waals surface area contributed by atoms with Gasteiger partial charge in [-0.05, 0) is 42.9 Å². The van der Waals surface area contributed by atoms with Crippen LogP contribution >= 0.6 is 0 Å². The van der Waals surface area contributed by atoms with Crippen molar-refractivity contribution < 1.29 is 30.2 Å². The third-order valence-electron chi connectivity index (χ3n) is 2.92. The molecule has 0 spiro atoms. The van der Waals surface area contributed by atoms with E-state index in [1.165, 1.54) is 0 Å². The Bertz CT molecular complexity index is 588. The minimum atomic E-state index is -0.889. The minimum Gasteiger partial charge on any atom is -1.00 e. The van der Waals surface area contributed by atoms with E-state index in [0.717, 1.165) is 16.7 Å². The summed E-state index contributed by atoms with van der Waals surface area (Å²) in [7, 11) is 3.95. The standard InChI is InChI=1S/C16H17NO2.Li.H/c1-17(2)11-14-10-13(16(18)19)8-9-15(14)12-6-4-3-5-7-12;;/h3-10H,11H2,1-2H3,(H,18,19);;/q;+1;-1. The van der Waals surface area contributed by atoms with E-state index >= 15 is 0 Å². The number of carboxylic acids is 1. The molecule has 2 aromatic rings. The number of carboxylic acid groups (broad SMARTS) is 1. The van der Waals surface area contributed by atoms with E-state index in [1.54, 1.807) is 12.1 Å². The summed E-state index contributed by atoms with van der Waals surface area (Å²) in [6.45, 7) is 0.714.